The molecule has 1 heterocycles. The van der Waals surface area contributed by atoms with Crippen LogP contribution < -0.4 is 5.56 Å². The van der Waals surface area contributed by atoms with Crippen LogP contribution >= 0.6 is 0 Å². The maximum Gasteiger partial charge on any atom is 0.271 e. The predicted octanol–water partition coefficient (Wildman–Crippen LogP) is 4.17. The van der Waals surface area contributed by atoms with Gasteiger partial charge >= 0.3 is 0 Å². The molecule has 8 heteroatoms. The van der Waals surface area contributed by atoms with Crippen molar-refractivity contribution in [1.82, 2.24) is 9.78 Å². The molecule has 0 spiro atoms. The fourth-order valence-electron chi connectivity index (χ4n) is 3.50. The van der Waals surface area contributed by atoms with Crippen LogP contribution in [0.1, 0.15) is 11.1 Å². The summed E-state index contributed by atoms with van der Waals surface area (Å²) < 4.78 is 53.9. The molecule has 162 valence electrons. The summed E-state index contributed by atoms with van der Waals surface area (Å²) in [5.74, 6) is -2.12. The predicted molar refractivity (Wildman–Crippen MR) is 118 cm³/mol. The Morgan fingerprint density at radius 2 is 1.66 bits per heavy atom. The van der Waals surface area contributed by atoms with Crippen LogP contribution in [0.2, 0.25) is 0 Å². The van der Waals surface area contributed by atoms with Gasteiger partial charge in [-0.05, 0) is 53.4 Å². The first kappa shape index (κ1) is 21.6. The molecule has 0 fully saturated rings. The summed E-state index contributed by atoms with van der Waals surface area (Å²) in [7, 11) is -3.80. The van der Waals surface area contributed by atoms with E-state index >= 15 is 0 Å². The van der Waals surface area contributed by atoms with Crippen molar-refractivity contribution in [3.63, 3.8) is 0 Å². The Hall–Kier alpha value is -3.65. The molecule has 4 rings (SSSR count). The number of hydrogen-bond acceptors (Lipinski definition) is 4. The standard InChI is InChI=1S/C24H18F2N2O3S/c1-32(30,31)23-15-22(28-24(29)8-5-11-27-28)18(12-16-6-3-2-4-7-16)13-19(23)17-9-10-20(25)21(26)14-17/h2-11,13-15H,12H2,1H3. The highest BCUT2D eigenvalue weighted by atomic mass is 32.2. The van der Waals surface area contributed by atoms with Gasteiger partial charge in [0.25, 0.3) is 5.56 Å². The number of rotatable bonds is 5. The van der Waals surface area contributed by atoms with Crippen LogP contribution in [0.15, 0.2) is 88.7 Å². The highest BCUT2D eigenvalue weighted by Crippen LogP contribution is 2.33. The maximum absolute atomic E-state index is 14.0. The lowest BCUT2D eigenvalue weighted by Gasteiger charge is -2.17. The molecule has 0 aliphatic rings. The van der Waals surface area contributed by atoms with Crippen molar-refractivity contribution < 1.29 is 17.2 Å². The molecule has 4 aromatic rings. The summed E-state index contributed by atoms with van der Waals surface area (Å²) in [6.07, 6.45) is 2.81. The van der Waals surface area contributed by atoms with Gasteiger partial charge in [-0.25, -0.2) is 17.2 Å². The minimum absolute atomic E-state index is 0.118. The zero-order valence-corrected chi connectivity index (χ0v) is 17.8. The van der Waals surface area contributed by atoms with Crippen LogP contribution in [0.4, 0.5) is 8.78 Å². The molecule has 5 nitrogen and oxygen atoms in total. The Bertz CT molecular complexity index is 1470. The van der Waals surface area contributed by atoms with E-state index in [-0.39, 0.29) is 16.0 Å². The fraction of sp³-hybridized carbons (Fsp3) is 0.0833. The van der Waals surface area contributed by atoms with E-state index in [0.29, 0.717) is 17.7 Å². The number of benzene rings is 3. The van der Waals surface area contributed by atoms with Crippen LogP contribution in [-0.4, -0.2) is 24.5 Å². The van der Waals surface area contributed by atoms with Crippen molar-refractivity contribution in [2.75, 3.05) is 6.26 Å². The molecule has 0 saturated heterocycles. The first-order valence-electron chi connectivity index (χ1n) is 9.65. The summed E-state index contributed by atoms with van der Waals surface area (Å²) in [4.78, 5) is 12.4. The van der Waals surface area contributed by atoms with Crippen molar-refractivity contribution in [1.29, 1.82) is 0 Å². The Balaban J connectivity index is 2.04. The van der Waals surface area contributed by atoms with Crippen molar-refractivity contribution in [2.24, 2.45) is 0 Å². The van der Waals surface area contributed by atoms with E-state index < -0.39 is 27.0 Å². The van der Waals surface area contributed by atoms with Gasteiger partial charge < -0.3 is 0 Å². The van der Waals surface area contributed by atoms with Gasteiger partial charge in [0.1, 0.15) is 0 Å². The van der Waals surface area contributed by atoms with Crippen LogP contribution in [0.3, 0.4) is 0 Å². The van der Waals surface area contributed by atoms with E-state index in [1.807, 2.05) is 30.3 Å². The van der Waals surface area contributed by atoms with E-state index in [0.717, 1.165) is 28.6 Å². The number of sulfone groups is 1. The smallest absolute Gasteiger partial charge is 0.267 e. The molecular weight excluding hydrogens is 434 g/mol. The van der Waals surface area contributed by atoms with Crippen LogP contribution in [0.5, 0.6) is 0 Å². The Morgan fingerprint density at radius 1 is 0.906 bits per heavy atom. The number of aromatic nitrogens is 2. The van der Waals surface area contributed by atoms with Gasteiger partial charge in [-0.1, -0.05) is 36.4 Å². The van der Waals surface area contributed by atoms with Gasteiger partial charge in [0.05, 0.1) is 10.6 Å². The first-order valence-corrected chi connectivity index (χ1v) is 11.5. The van der Waals surface area contributed by atoms with E-state index in [1.54, 1.807) is 6.07 Å². The Labute approximate surface area is 183 Å². The molecule has 0 bridgehead atoms. The second kappa shape index (κ2) is 8.47. The number of nitrogens with zero attached hydrogens (tertiary/aromatic N) is 2. The number of hydrogen-bond donors (Lipinski definition) is 0. The Kier molecular flexibility index (Phi) is 5.71. The van der Waals surface area contributed by atoms with Crippen molar-refractivity contribution in [2.45, 2.75) is 11.3 Å². The lowest BCUT2D eigenvalue weighted by molar-refractivity contribution is 0.509. The molecule has 3 aromatic carbocycles. The summed E-state index contributed by atoms with van der Waals surface area (Å²) in [5.41, 5.74) is 1.81. The maximum atomic E-state index is 14.0. The molecule has 1 aromatic heterocycles. The molecular formula is C24H18F2N2O3S. The van der Waals surface area contributed by atoms with Crippen molar-refractivity contribution in [3.8, 4) is 16.8 Å². The molecule has 0 amide bonds. The third-order valence-electron chi connectivity index (χ3n) is 4.99. The van der Waals surface area contributed by atoms with Crippen LogP contribution in [-0.2, 0) is 16.3 Å². The molecule has 0 aliphatic carbocycles. The second-order valence-electron chi connectivity index (χ2n) is 7.31. The van der Waals surface area contributed by atoms with Crippen molar-refractivity contribution >= 4 is 9.84 Å². The van der Waals surface area contributed by atoms with Gasteiger partial charge in [-0.2, -0.15) is 9.78 Å². The summed E-state index contributed by atoms with van der Waals surface area (Å²) in [6.45, 7) is 0. The average Bonchev–Trinajstić information content (AvgIpc) is 2.76. The molecule has 32 heavy (non-hydrogen) atoms. The SMILES string of the molecule is CS(=O)(=O)c1cc(-n2ncccc2=O)c(Cc2ccccc2)cc1-c1ccc(F)c(F)c1. The van der Waals surface area contributed by atoms with E-state index in [4.69, 9.17) is 0 Å². The summed E-state index contributed by atoms with van der Waals surface area (Å²) in [5, 5.41) is 4.10. The third-order valence-corrected chi connectivity index (χ3v) is 6.13. The lowest BCUT2D eigenvalue weighted by Crippen LogP contribution is -2.21. The fourth-order valence-corrected chi connectivity index (χ4v) is 4.41. The lowest BCUT2D eigenvalue weighted by atomic mass is 9.97. The molecule has 0 aliphatic heterocycles. The minimum Gasteiger partial charge on any atom is -0.267 e. The minimum atomic E-state index is -3.80. The molecule has 0 saturated carbocycles. The Morgan fingerprint density at radius 3 is 2.31 bits per heavy atom. The van der Waals surface area contributed by atoms with Gasteiger partial charge in [0, 0.05) is 24.1 Å². The number of halogens is 2. The van der Waals surface area contributed by atoms with Crippen LogP contribution in [0, 0.1) is 11.6 Å². The monoisotopic (exact) mass is 452 g/mol. The topological polar surface area (TPSA) is 69.0 Å². The third kappa shape index (κ3) is 4.36. The zero-order valence-electron chi connectivity index (χ0n) is 17.0. The summed E-state index contributed by atoms with van der Waals surface area (Å²) >= 11 is 0. The quantitative estimate of drug-likeness (QED) is 0.456. The van der Waals surface area contributed by atoms with Gasteiger partial charge in [0.15, 0.2) is 21.5 Å². The molecule has 0 atom stereocenters. The van der Waals surface area contributed by atoms with E-state index in [2.05, 4.69) is 5.10 Å². The second-order valence-corrected chi connectivity index (χ2v) is 9.30. The summed E-state index contributed by atoms with van der Waals surface area (Å²) in [6, 6.07) is 18.4. The first-order chi connectivity index (χ1) is 15.2. The largest absolute Gasteiger partial charge is 0.271 e. The highest BCUT2D eigenvalue weighted by molar-refractivity contribution is 7.90. The highest BCUT2D eigenvalue weighted by Gasteiger charge is 2.21. The van der Waals surface area contributed by atoms with Crippen LogP contribution in [0.25, 0.3) is 16.8 Å². The normalized spacial score (nSPS) is 11.5. The van der Waals surface area contributed by atoms with Gasteiger partial charge in [0.2, 0.25) is 0 Å². The van der Waals surface area contributed by atoms with Crippen molar-refractivity contribution in [3.05, 3.63) is 112 Å². The van der Waals surface area contributed by atoms with E-state index in [9.17, 15) is 22.0 Å². The molecule has 0 unspecified atom stereocenters. The van der Waals surface area contributed by atoms with E-state index in [1.165, 1.54) is 30.5 Å². The average molecular weight is 452 g/mol. The van der Waals surface area contributed by atoms with Gasteiger partial charge in [-0.15, -0.1) is 0 Å². The zero-order chi connectivity index (χ0) is 22.9. The van der Waals surface area contributed by atoms with Gasteiger partial charge in [-0.3, -0.25) is 4.79 Å². The molecule has 0 N–H and O–H groups in total. The molecule has 0 radical (unpaired) electrons.